The fourth-order valence-electron chi connectivity index (χ4n) is 2.49. The van der Waals surface area contributed by atoms with Crippen LogP contribution >= 0.6 is 11.3 Å². The number of aromatic nitrogens is 1. The predicted octanol–water partition coefficient (Wildman–Crippen LogP) is 2.05. The molecule has 0 amide bonds. The molecule has 1 aromatic heterocycles. The van der Waals surface area contributed by atoms with Crippen LogP contribution in [-0.2, 0) is 14.8 Å². The van der Waals surface area contributed by atoms with Gasteiger partial charge in [-0.2, -0.15) is 4.31 Å². The van der Waals surface area contributed by atoms with Crippen molar-refractivity contribution in [2.24, 2.45) is 0 Å². The molecular formula is C14H14N2O4S2. The third-order valence-electron chi connectivity index (χ3n) is 3.57. The number of benzene rings is 1. The van der Waals surface area contributed by atoms with Crippen LogP contribution in [0.1, 0.15) is 12.8 Å². The quantitative estimate of drug-likeness (QED) is 0.922. The Bertz CT molecular complexity index is 786. The summed E-state index contributed by atoms with van der Waals surface area (Å²) in [4.78, 5) is 15.4. The fourth-order valence-corrected chi connectivity index (χ4v) is 5.21. The van der Waals surface area contributed by atoms with Crippen molar-refractivity contribution in [1.29, 1.82) is 0 Å². The second kappa shape index (κ2) is 5.79. The van der Waals surface area contributed by atoms with Crippen LogP contribution in [-0.4, -0.2) is 41.4 Å². The Morgan fingerprint density at radius 2 is 2.05 bits per heavy atom. The van der Waals surface area contributed by atoms with Crippen molar-refractivity contribution in [2.75, 3.05) is 6.54 Å². The smallest absolute Gasteiger partial charge is 0.322 e. The molecule has 0 bridgehead atoms. The molecule has 2 heterocycles. The molecule has 0 spiro atoms. The molecular weight excluding hydrogens is 324 g/mol. The van der Waals surface area contributed by atoms with E-state index in [1.54, 1.807) is 0 Å². The van der Waals surface area contributed by atoms with E-state index in [1.807, 2.05) is 30.3 Å². The highest BCUT2D eigenvalue weighted by molar-refractivity contribution is 7.89. The van der Waals surface area contributed by atoms with Gasteiger partial charge in [-0.15, -0.1) is 11.3 Å². The topological polar surface area (TPSA) is 87.6 Å². The summed E-state index contributed by atoms with van der Waals surface area (Å²) in [6.45, 7) is 0.220. The first-order chi connectivity index (χ1) is 10.5. The molecule has 116 valence electrons. The summed E-state index contributed by atoms with van der Waals surface area (Å²) in [6.07, 6.45) is 0.885. The minimum Gasteiger partial charge on any atom is -0.480 e. The number of hydrogen-bond donors (Lipinski definition) is 1. The minimum absolute atomic E-state index is 0.0792. The zero-order chi connectivity index (χ0) is 15.7. The molecule has 2 aromatic rings. The van der Waals surface area contributed by atoms with Gasteiger partial charge in [0.05, 0.1) is 0 Å². The van der Waals surface area contributed by atoms with Crippen LogP contribution in [0.3, 0.4) is 0 Å². The van der Waals surface area contributed by atoms with E-state index < -0.39 is 22.0 Å². The third kappa shape index (κ3) is 2.65. The van der Waals surface area contributed by atoms with Gasteiger partial charge in [-0.25, -0.2) is 13.4 Å². The van der Waals surface area contributed by atoms with Crippen molar-refractivity contribution < 1.29 is 18.3 Å². The number of nitrogens with zero attached hydrogens (tertiary/aromatic N) is 2. The first kappa shape index (κ1) is 15.1. The first-order valence-electron chi connectivity index (χ1n) is 6.76. The van der Waals surface area contributed by atoms with Crippen LogP contribution in [0.15, 0.2) is 40.7 Å². The molecule has 6 nitrogen and oxygen atoms in total. The summed E-state index contributed by atoms with van der Waals surface area (Å²) in [7, 11) is -3.87. The van der Waals surface area contributed by atoms with E-state index in [0.29, 0.717) is 17.8 Å². The van der Waals surface area contributed by atoms with E-state index in [4.69, 9.17) is 5.11 Å². The van der Waals surface area contributed by atoms with E-state index in [0.717, 1.165) is 9.87 Å². The maximum absolute atomic E-state index is 12.6. The number of carboxylic acid groups (broad SMARTS) is 1. The van der Waals surface area contributed by atoms with Gasteiger partial charge in [0.2, 0.25) is 0 Å². The maximum atomic E-state index is 12.6. The number of thiazole rings is 1. The molecule has 0 saturated carbocycles. The monoisotopic (exact) mass is 338 g/mol. The van der Waals surface area contributed by atoms with Crippen LogP contribution in [0.4, 0.5) is 0 Å². The number of sulfonamides is 1. The van der Waals surface area contributed by atoms with Gasteiger partial charge < -0.3 is 5.11 Å². The molecule has 8 heteroatoms. The zero-order valence-corrected chi connectivity index (χ0v) is 13.2. The SMILES string of the molecule is O=C(O)C1CCCN1S(=O)(=O)c1csc(-c2ccccc2)n1. The summed E-state index contributed by atoms with van der Waals surface area (Å²) in [6, 6.07) is 8.29. The van der Waals surface area contributed by atoms with Crippen molar-refractivity contribution >= 4 is 27.3 Å². The lowest BCUT2D eigenvalue weighted by Gasteiger charge is -2.19. The number of rotatable bonds is 4. The van der Waals surface area contributed by atoms with Crippen LogP contribution < -0.4 is 0 Å². The second-order valence-corrected chi connectivity index (χ2v) is 7.66. The van der Waals surface area contributed by atoms with E-state index in [9.17, 15) is 13.2 Å². The lowest BCUT2D eigenvalue weighted by molar-refractivity contribution is -0.140. The molecule has 0 aliphatic carbocycles. The van der Waals surface area contributed by atoms with Crippen molar-refractivity contribution in [3.8, 4) is 10.6 Å². The Kier molecular flexibility index (Phi) is 3.98. The van der Waals surface area contributed by atoms with Gasteiger partial charge in [0.25, 0.3) is 10.0 Å². The Morgan fingerprint density at radius 3 is 2.73 bits per heavy atom. The Morgan fingerprint density at radius 1 is 1.32 bits per heavy atom. The third-order valence-corrected chi connectivity index (χ3v) is 6.40. The number of aliphatic carboxylic acids is 1. The van der Waals surface area contributed by atoms with E-state index in [2.05, 4.69) is 4.98 Å². The molecule has 3 rings (SSSR count). The molecule has 1 N–H and O–H groups in total. The van der Waals surface area contributed by atoms with E-state index in [1.165, 1.54) is 16.7 Å². The second-order valence-electron chi connectivity index (χ2n) is 4.97. The minimum atomic E-state index is -3.87. The van der Waals surface area contributed by atoms with Crippen molar-refractivity contribution in [1.82, 2.24) is 9.29 Å². The average molecular weight is 338 g/mol. The summed E-state index contributed by atoms with van der Waals surface area (Å²) < 4.78 is 26.2. The Hall–Kier alpha value is -1.77. The lowest BCUT2D eigenvalue weighted by atomic mass is 10.2. The van der Waals surface area contributed by atoms with Crippen LogP contribution in [0.2, 0.25) is 0 Å². The number of carboxylic acids is 1. The summed E-state index contributed by atoms with van der Waals surface area (Å²) in [5.41, 5.74) is 0.838. The van der Waals surface area contributed by atoms with Gasteiger partial charge in [-0.05, 0) is 12.8 Å². The summed E-state index contributed by atoms with van der Waals surface area (Å²) in [5.74, 6) is -1.11. The van der Waals surface area contributed by atoms with Gasteiger partial charge in [0.15, 0.2) is 5.03 Å². The summed E-state index contributed by atoms with van der Waals surface area (Å²) >= 11 is 1.23. The van der Waals surface area contributed by atoms with Crippen LogP contribution in [0, 0.1) is 0 Å². The molecule has 0 radical (unpaired) electrons. The highest BCUT2D eigenvalue weighted by atomic mass is 32.2. The molecule has 1 aromatic carbocycles. The number of carbonyl (C=O) groups is 1. The number of hydrogen-bond acceptors (Lipinski definition) is 5. The molecule has 1 aliphatic rings. The highest BCUT2D eigenvalue weighted by Crippen LogP contribution is 2.30. The van der Waals surface area contributed by atoms with Gasteiger partial charge in [0, 0.05) is 17.5 Å². The first-order valence-corrected chi connectivity index (χ1v) is 9.08. The van der Waals surface area contributed by atoms with E-state index in [-0.39, 0.29) is 11.6 Å². The maximum Gasteiger partial charge on any atom is 0.322 e. The van der Waals surface area contributed by atoms with Gasteiger partial charge in [-0.3, -0.25) is 4.79 Å². The van der Waals surface area contributed by atoms with Crippen molar-refractivity contribution in [3.05, 3.63) is 35.7 Å². The van der Waals surface area contributed by atoms with Gasteiger partial charge in [0.1, 0.15) is 11.0 Å². The lowest BCUT2D eigenvalue weighted by Crippen LogP contribution is -2.40. The van der Waals surface area contributed by atoms with Gasteiger partial charge >= 0.3 is 5.97 Å². The summed E-state index contributed by atoms with van der Waals surface area (Å²) in [5, 5.41) is 11.1. The largest absolute Gasteiger partial charge is 0.480 e. The van der Waals surface area contributed by atoms with E-state index >= 15 is 0 Å². The normalized spacial score (nSPS) is 19.4. The van der Waals surface area contributed by atoms with Crippen molar-refractivity contribution in [2.45, 2.75) is 23.9 Å². The Labute approximate surface area is 132 Å². The molecule has 1 unspecified atom stereocenters. The predicted molar refractivity (Wildman–Crippen MR) is 82.1 cm³/mol. The molecule has 1 aliphatic heterocycles. The molecule has 22 heavy (non-hydrogen) atoms. The Balaban J connectivity index is 1.94. The van der Waals surface area contributed by atoms with Crippen LogP contribution in [0.25, 0.3) is 10.6 Å². The van der Waals surface area contributed by atoms with Crippen LogP contribution in [0.5, 0.6) is 0 Å². The van der Waals surface area contributed by atoms with Gasteiger partial charge in [-0.1, -0.05) is 30.3 Å². The molecule has 1 fully saturated rings. The average Bonchev–Trinajstić information content (AvgIpc) is 3.18. The van der Waals surface area contributed by atoms with Crippen molar-refractivity contribution in [3.63, 3.8) is 0 Å². The highest BCUT2D eigenvalue weighted by Gasteiger charge is 2.40. The zero-order valence-electron chi connectivity index (χ0n) is 11.5. The standard InChI is InChI=1S/C14H14N2O4S2/c17-14(18)11-7-4-8-16(11)22(19,20)12-9-21-13(15-12)10-5-2-1-3-6-10/h1-3,5-6,9,11H,4,7-8H2,(H,17,18). The fraction of sp³-hybridized carbons (Fsp3) is 0.286. The molecule has 1 saturated heterocycles. The molecule has 1 atom stereocenters.